The van der Waals surface area contributed by atoms with Crippen LogP contribution in [0.25, 0.3) is 0 Å². The number of carbonyl (C=O) groups excluding carboxylic acids is 1. The zero-order chi connectivity index (χ0) is 8.97. The summed E-state index contributed by atoms with van der Waals surface area (Å²) in [6.45, 7) is 2.80. The van der Waals surface area contributed by atoms with Crippen molar-refractivity contribution in [2.75, 3.05) is 13.1 Å². The van der Waals surface area contributed by atoms with Gasteiger partial charge in [-0.3, -0.25) is 4.79 Å². The number of hydrogen-bond donors (Lipinski definition) is 1. The summed E-state index contributed by atoms with van der Waals surface area (Å²) < 4.78 is 0. The average Bonchev–Trinajstić information content (AvgIpc) is 2.04. The van der Waals surface area contributed by atoms with Crippen molar-refractivity contribution in [3.63, 3.8) is 0 Å². The van der Waals surface area contributed by atoms with Gasteiger partial charge in [0.05, 0.1) is 6.04 Å². The van der Waals surface area contributed by atoms with Gasteiger partial charge in [-0.15, -0.1) is 5.06 Å². The van der Waals surface area contributed by atoms with Crippen molar-refractivity contribution >= 4 is 5.97 Å². The summed E-state index contributed by atoms with van der Waals surface area (Å²) in [4.78, 5) is 15.7. The van der Waals surface area contributed by atoms with Gasteiger partial charge in [-0.2, -0.15) is 0 Å². The highest BCUT2D eigenvalue weighted by Gasteiger charge is 2.23. The molecule has 1 aliphatic rings. The van der Waals surface area contributed by atoms with Crippen LogP contribution in [0.3, 0.4) is 0 Å². The van der Waals surface area contributed by atoms with Crippen molar-refractivity contribution < 1.29 is 9.63 Å². The van der Waals surface area contributed by atoms with Crippen molar-refractivity contribution in [3.05, 3.63) is 0 Å². The molecule has 4 heteroatoms. The fourth-order valence-electron chi connectivity index (χ4n) is 1.49. The van der Waals surface area contributed by atoms with E-state index in [9.17, 15) is 4.79 Å². The first-order chi connectivity index (χ1) is 5.74. The maximum atomic E-state index is 10.7. The van der Waals surface area contributed by atoms with Gasteiger partial charge >= 0.3 is 5.97 Å². The molecule has 1 fully saturated rings. The van der Waals surface area contributed by atoms with Crippen molar-refractivity contribution in [2.45, 2.75) is 32.2 Å². The second kappa shape index (κ2) is 4.42. The molecule has 0 unspecified atom stereocenters. The van der Waals surface area contributed by atoms with Crippen LogP contribution in [-0.2, 0) is 9.63 Å². The summed E-state index contributed by atoms with van der Waals surface area (Å²) in [6.07, 6.45) is 3.30. The van der Waals surface area contributed by atoms with Crippen LogP contribution in [0.4, 0.5) is 0 Å². The van der Waals surface area contributed by atoms with E-state index in [0.29, 0.717) is 6.54 Å². The molecular weight excluding hydrogens is 156 g/mol. The lowest BCUT2D eigenvalue weighted by molar-refractivity contribution is -0.204. The van der Waals surface area contributed by atoms with E-state index < -0.39 is 0 Å². The average molecular weight is 172 g/mol. The van der Waals surface area contributed by atoms with E-state index in [2.05, 4.69) is 0 Å². The standard InChI is InChI=1S/C8H16N2O2/c1-7(11)12-10-5-3-2-4-8(10)6-9/h8H,2-6,9H2,1H3/t8-/m0/s1. The predicted molar refractivity (Wildman–Crippen MR) is 45.2 cm³/mol. The van der Waals surface area contributed by atoms with Crippen molar-refractivity contribution in [1.82, 2.24) is 5.06 Å². The Morgan fingerprint density at radius 3 is 3.00 bits per heavy atom. The molecule has 1 aliphatic heterocycles. The molecule has 1 atom stereocenters. The lowest BCUT2D eigenvalue weighted by Crippen LogP contribution is -2.44. The fourth-order valence-corrected chi connectivity index (χ4v) is 1.49. The summed E-state index contributed by atoms with van der Waals surface area (Å²) in [5.74, 6) is -0.254. The first-order valence-electron chi connectivity index (χ1n) is 4.39. The third-order valence-corrected chi connectivity index (χ3v) is 2.09. The first-order valence-corrected chi connectivity index (χ1v) is 4.39. The van der Waals surface area contributed by atoms with Crippen LogP contribution in [0.15, 0.2) is 0 Å². The molecule has 1 heterocycles. The largest absolute Gasteiger partial charge is 0.368 e. The zero-order valence-electron chi connectivity index (χ0n) is 7.45. The maximum absolute atomic E-state index is 10.7. The Kier molecular flexibility index (Phi) is 3.49. The van der Waals surface area contributed by atoms with Crippen LogP contribution < -0.4 is 5.73 Å². The number of nitrogens with zero attached hydrogens (tertiary/aromatic N) is 1. The fraction of sp³-hybridized carbons (Fsp3) is 0.875. The Hall–Kier alpha value is -0.610. The molecule has 0 bridgehead atoms. The molecule has 12 heavy (non-hydrogen) atoms. The number of hydrogen-bond acceptors (Lipinski definition) is 4. The van der Waals surface area contributed by atoms with Crippen LogP contribution in [-0.4, -0.2) is 30.2 Å². The normalized spacial score (nSPS) is 25.3. The smallest absolute Gasteiger partial charge is 0.322 e. The molecule has 0 aliphatic carbocycles. The molecule has 1 saturated heterocycles. The quantitative estimate of drug-likeness (QED) is 0.650. The number of piperidine rings is 1. The molecule has 0 spiro atoms. The lowest BCUT2D eigenvalue weighted by atomic mass is 10.1. The Bertz CT molecular complexity index is 161. The first kappa shape index (κ1) is 9.48. The van der Waals surface area contributed by atoms with Crippen molar-refractivity contribution in [1.29, 1.82) is 0 Å². The third-order valence-electron chi connectivity index (χ3n) is 2.09. The number of nitrogens with two attached hydrogens (primary N) is 1. The number of hydroxylamine groups is 2. The van der Waals surface area contributed by atoms with Gasteiger partial charge in [0.25, 0.3) is 0 Å². The van der Waals surface area contributed by atoms with E-state index in [1.165, 1.54) is 13.3 Å². The Morgan fingerprint density at radius 2 is 2.42 bits per heavy atom. The van der Waals surface area contributed by atoms with Gasteiger partial charge in [-0.1, -0.05) is 6.42 Å². The van der Waals surface area contributed by atoms with Crippen LogP contribution in [0.2, 0.25) is 0 Å². The molecule has 0 radical (unpaired) electrons. The van der Waals surface area contributed by atoms with E-state index in [-0.39, 0.29) is 12.0 Å². The van der Waals surface area contributed by atoms with Crippen molar-refractivity contribution in [2.24, 2.45) is 5.73 Å². The van der Waals surface area contributed by atoms with Crippen LogP contribution in [0.5, 0.6) is 0 Å². The van der Waals surface area contributed by atoms with E-state index in [1.807, 2.05) is 0 Å². The Labute approximate surface area is 72.6 Å². The van der Waals surface area contributed by atoms with Crippen LogP contribution >= 0.6 is 0 Å². The summed E-state index contributed by atoms with van der Waals surface area (Å²) in [7, 11) is 0. The highest BCUT2D eigenvalue weighted by Crippen LogP contribution is 2.16. The van der Waals surface area contributed by atoms with Crippen LogP contribution in [0, 0.1) is 0 Å². The SMILES string of the molecule is CC(=O)ON1CCCC[C@H]1CN. The Balaban J connectivity index is 2.41. The van der Waals surface area contributed by atoms with Gasteiger partial charge in [0.1, 0.15) is 0 Å². The maximum Gasteiger partial charge on any atom is 0.322 e. The van der Waals surface area contributed by atoms with Gasteiger partial charge in [-0.25, -0.2) is 0 Å². The van der Waals surface area contributed by atoms with Crippen molar-refractivity contribution in [3.8, 4) is 0 Å². The van der Waals surface area contributed by atoms with Crippen LogP contribution in [0.1, 0.15) is 26.2 Å². The Morgan fingerprint density at radius 1 is 1.67 bits per heavy atom. The molecule has 4 nitrogen and oxygen atoms in total. The van der Waals surface area contributed by atoms with E-state index in [0.717, 1.165) is 19.4 Å². The topological polar surface area (TPSA) is 55.6 Å². The minimum Gasteiger partial charge on any atom is -0.368 e. The lowest BCUT2D eigenvalue weighted by Gasteiger charge is -2.32. The molecule has 2 N–H and O–H groups in total. The summed E-state index contributed by atoms with van der Waals surface area (Å²) in [5.41, 5.74) is 5.54. The number of carbonyl (C=O) groups is 1. The minimum absolute atomic E-state index is 0.225. The van der Waals surface area contributed by atoms with Gasteiger partial charge < -0.3 is 10.6 Å². The molecule has 1 rings (SSSR count). The second-order valence-corrected chi connectivity index (χ2v) is 3.11. The zero-order valence-corrected chi connectivity index (χ0v) is 7.45. The molecule has 0 amide bonds. The predicted octanol–water partition coefficient (Wildman–Crippen LogP) is 0.278. The highest BCUT2D eigenvalue weighted by atomic mass is 16.7. The third kappa shape index (κ3) is 2.46. The summed E-state index contributed by atoms with van der Waals surface area (Å²) >= 11 is 0. The van der Waals surface area contributed by atoms with E-state index in [1.54, 1.807) is 5.06 Å². The monoisotopic (exact) mass is 172 g/mol. The molecule has 0 aromatic rings. The highest BCUT2D eigenvalue weighted by molar-refractivity contribution is 5.65. The second-order valence-electron chi connectivity index (χ2n) is 3.11. The molecule has 0 aromatic heterocycles. The van der Waals surface area contributed by atoms with Gasteiger partial charge in [-0.05, 0) is 12.8 Å². The van der Waals surface area contributed by atoms with E-state index >= 15 is 0 Å². The summed E-state index contributed by atoms with van der Waals surface area (Å²) in [5, 5.41) is 1.71. The molecule has 0 saturated carbocycles. The number of rotatable bonds is 2. The molecular formula is C8H16N2O2. The summed E-state index contributed by atoms with van der Waals surface area (Å²) in [6, 6.07) is 0.225. The molecule has 0 aromatic carbocycles. The molecule has 70 valence electrons. The van der Waals surface area contributed by atoms with Gasteiger partial charge in [0.15, 0.2) is 0 Å². The van der Waals surface area contributed by atoms with E-state index in [4.69, 9.17) is 10.6 Å². The van der Waals surface area contributed by atoms with Gasteiger partial charge in [0, 0.05) is 20.0 Å². The minimum atomic E-state index is -0.254. The van der Waals surface area contributed by atoms with Gasteiger partial charge in [0.2, 0.25) is 0 Å².